The fraction of sp³-hybridized carbons (Fsp3) is 0.290. The van der Waals surface area contributed by atoms with Crippen LogP contribution in [-0.2, 0) is 11.3 Å². The molecule has 0 saturated carbocycles. The van der Waals surface area contributed by atoms with Gasteiger partial charge in [-0.1, -0.05) is 36.4 Å². The Morgan fingerprint density at radius 2 is 1.63 bits per heavy atom. The second-order valence-electron chi connectivity index (χ2n) is 10.0. The van der Waals surface area contributed by atoms with E-state index < -0.39 is 0 Å². The first-order chi connectivity index (χ1) is 18.6. The molecule has 0 unspecified atom stereocenters. The maximum atomic E-state index is 5.98. The lowest BCUT2D eigenvalue weighted by atomic mass is 9.96. The van der Waals surface area contributed by atoms with Crippen LogP contribution in [0.4, 0.5) is 11.4 Å². The van der Waals surface area contributed by atoms with Gasteiger partial charge in [0.25, 0.3) is 0 Å². The Hall–Kier alpha value is -3.68. The van der Waals surface area contributed by atoms with Crippen molar-refractivity contribution in [1.29, 1.82) is 0 Å². The van der Waals surface area contributed by atoms with Crippen LogP contribution in [0.3, 0.4) is 0 Å². The van der Waals surface area contributed by atoms with Crippen LogP contribution in [0.5, 0.6) is 0 Å². The first kappa shape index (κ1) is 24.6. The summed E-state index contributed by atoms with van der Waals surface area (Å²) in [6.07, 6.45) is 1.86. The molecular weight excluding hydrogens is 490 g/mol. The number of aromatic nitrogens is 2. The summed E-state index contributed by atoms with van der Waals surface area (Å²) in [6.45, 7) is 8.63. The summed E-state index contributed by atoms with van der Waals surface area (Å²) in [5, 5.41) is 4.33. The summed E-state index contributed by atoms with van der Waals surface area (Å²) in [7, 11) is 0. The maximum absolute atomic E-state index is 5.98. The number of nitrogens with one attached hydrogen (secondary N) is 1. The summed E-state index contributed by atoms with van der Waals surface area (Å²) < 4.78 is 7.94. The van der Waals surface area contributed by atoms with Crippen LogP contribution >= 0.6 is 12.2 Å². The molecule has 2 aromatic heterocycles. The number of thiocarbonyl (C=S) groups is 1. The Labute approximate surface area is 229 Å². The minimum absolute atomic E-state index is 0.0256. The van der Waals surface area contributed by atoms with Crippen molar-refractivity contribution in [1.82, 2.24) is 14.9 Å². The molecule has 2 atom stereocenters. The zero-order chi connectivity index (χ0) is 26.1. The molecule has 0 radical (unpaired) electrons. The van der Waals surface area contributed by atoms with Crippen molar-refractivity contribution in [2.24, 2.45) is 0 Å². The number of anilines is 2. The summed E-state index contributed by atoms with van der Waals surface area (Å²) in [4.78, 5) is 9.37. The smallest absolute Gasteiger partial charge is 0.174 e. The lowest BCUT2D eigenvalue weighted by Gasteiger charge is -2.31. The van der Waals surface area contributed by atoms with Crippen LogP contribution in [0, 0.1) is 13.8 Å². The van der Waals surface area contributed by atoms with E-state index in [9.17, 15) is 0 Å². The van der Waals surface area contributed by atoms with Gasteiger partial charge < -0.3 is 24.4 Å². The molecule has 194 valence electrons. The molecule has 0 bridgehead atoms. The van der Waals surface area contributed by atoms with Gasteiger partial charge in [-0.15, -0.1) is 0 Å². The Morgan fingerprint density at radius 1 is 0.921 bits per heavy atom. The van der Waals surface area contributed by atoms with E-state index in [1.807, 2.05) is 18.3 Å². The van der Waals surface area contributed by atoms with Gasteiger partial charge in [0, 0.05) is 48.6 Å². The van der Waals surface area contributed by atoms with Crippen molar-refractivity contribution in [3.05, 3.63) is 113 Å². The van der Waals surface area contributed by atoms with Crippen molar-refractivity contribution in [3.63, 3.8) is 0 Å². The minimum Gasteiger partial charge on any atom is -0.378 e. The van der Waals surface area contributed by atoms with E-state index in [2.05, 4.69) is 100 Å². The van der Waals surface area contributed by atoms with Crippen molar-refractivity contribution in [2.45, 2.75) is 32.5 Å². The fourth-order valence-electron chi connectivity index (χ4n) is 5.73. The third-order valence-corrected chi connectivity index (χ3v) is 8.03. The molecule has 1 N–H and O–H groups in total. The first-order valence-corrected chi connectivity index (χ1v) is 13.6. The first-order valence-electron chi connectivity index (χ1n) is 13.2. The number of benzene rings is 2. The van der Waals surface area contributed by atoms with E-state index in [1.54, 1.807) is 0 Å². The van der Waals surface area contributed by atoms with E-state index in [4.69, 9.17) is 21.9 Å². The second-order valence-corrected chi connectivity index (χ2v) is 10.4. The fourth-order valence-corrected chi connectivity index (χ4v) is 6.08. The average molecular weight is 524 g/mol. The molecule has 7 heteroatoms. The summed E-state index contributed by atoms with van der Waals surface area (Å²) in [6, 6.07) is 27.7. The number of rotatable bonds is 6. The van der Waals surface area contributed by atoms with Crippen molar-refractivity contribution in [2.75, 3.05) is 36.1 Å². The molecule has 0 aliphatic carbocycles. The number of hydrogen-bond acceptors (Lipinski definition) is 4. The molecule has 2 fully saturated rings. The van der Waals surface area contributed by atoms with Gasteiger partial charge in [0.1, 0.15) is 0 Å². The highest BCUT2D eigenvalue weighted by Gasteiger charge is 2.42. The molecule has 6 rings (SSSR count). The lowest BCUT2D eigenvalue weighted by molar-refractivity contribution is 0.122. The van der Waals surface area contributed by atoms with Crippen LogP contribution in [0.25, 0.3) is 0 Å². The Kier molecular flexibility index (Phi) is 6.87. The normalized spacial score (nSPS) is 19.6. The standard InChI is InChI=1S/C31H33N5OS/c1-22-20-27(23(2)35(22)21-24-8-4-3-5-9-24)30-29(28-10-6-7-15-32-28)33-31(38)36(30)26-13-11-25(12-14-26)34-16-18-37-19-17-34/h3-15,20,29-30H,16-19,21H2,1-2H3,(H,33,38)/t29-,30-/m0/s1. The third-order valence-electron chi connectivity index (χ3n) is 7.72. The van der Waals surface area contributed by atoms with Gasteiger partial charge in [0.2, 0.25) is 0 Å². The maximum Gasteiger partial charge on any atom is 0.174 e. The van der Waals surface area contributed by atoms with E-state index >= 15 is 0 Å². The Morgan fingerprint density at radius 3 is 2.34 bits per heavy atom. The highest BCUT2D eigenvalue weighted by atomic mass is 32.1. The second kappa shape index (κ2) is 10.6. The van der Waals surface area contributed by atoms with Gasteiger partial charge in [0.05, 0.1) is 31.0 Å². The number of nitrogens with zero attached hydrogens (tertiary/aromatic N) is 4. The van der Waals surface area contributed by atoms with E-state index in [0.29, 0.717) is 0 Å². The van der Waals surface area contributed by atoms with Gasteiger partial charge >= 0.3 is 0 Å². The summed E-state index contributed by atoms with van der Waals surface area (Å²) >= 11 is 5.98. The molecule has 4 aromatic rings. The molecule has 2 aliphatic rings. The predicted molar refractivity (Wildman–Crippen MR) is 157 cm³/mol. The zero-order valence-electron chi connectivity index (χ0n) is 21.9. The van der Waals surface area contributed by atoms with Crippen LogP contribution in [-0.4, -0.2) is 41.0 Å². The predicted octanol–water partition coefficient (Wildman–Crippen LogP) is 5.56. The quantitative estimate of drug-likeness (QED) is 0.334. The zero-order valence-corrected chi connectivity index (χ0v) is 22.7. The van der Waals surface area contributed by atoms with Crippen LogP contribution < -0.4 is 15.1 Å². The molecule has 2 aromatic carbocycles. The molecule has 0 amide bonds. The van der Waals surface area contributed by atoms with Gasteiger partial charge in [0.15, 0.2) is 5.11 Å². The number of pyridine rings is 1. The topological polar surface area (TPSA) is 45.6 Å². The van der Waals surface area contributed by atoms with Crippen LogP contribution in [0.15, 0.2) is 85.1 Å². The number of hydrogen-bond donors (Lipinski definition) is 1. The largest absolute Gasteiger partial charge is 0.378 e. The van der Waals surface area contributed by atoms with Crippen molar-refractivity contribution in [3.8, 4) is 0 Å². The number of ether oxygens (including phenoxy) is 1. The van der Waals surface area contributed by atoms with E-state index in [-0.39, 0.29) is 12.1 Å². The third kappa shape index (κ3) is 4.68. The number of aryl methyl sites for hydroxylation is 1. The van der Waals surface area contributed by atoms with Gasteiger partial charge in [-0.25, -0.2) is 0 Å². The molecule has 0 spiro atoms. The molecule has 6 nitrogen and oxygen atoms in total. The molecule has 2 aliphatic heterocycles. The summed E-state index contributed by atoms with van der Waals surface area (Å²) in [5.41, 5.74) is 8.32. The molecule has 38 heavy (non-hydrogen) atoms. The monoisotopic (exact) mass is 523 g/mol. The van der Waals surface area contributed by atoms with Gasteiger partial charge in [-0.3, -0.25) is 4.98 Å². The Bertz CT molecular complexity index is 1400. The van der Waals surface area contributed by atoms with Crippen LogP contribution in [0.2, 0.25) is 0 Å². The van der Waals surface area contributed by atoms with Crippen molar-refractivity contribution < 1.29 is 4.74 Å². The van der Waals surface area contributed by atoms with Crippen molar-refractivity contribution >= 4 is 28.7 Å². The molecule has 4 heterocycles. The highest BCUT2D eigenvalue weighted by Crippen LogP contribution is 2.43. The highest BCUT2D eigenvalue weighted by molar-refractivity contribution is 7.80. The van der Waals surface area contributed by atoms with Gasteiger partial charge in [-0.2, -0.15) is 0 Å². The summed E-state index contributed by atoms with van der Waals surface area (Å²) in [5.74, 6) is 0. The van der Waals surface area contributed by atoms with Gasteiger partial charge in [-0.05, 0) is 79.7 Å². The molecular formula is C31H33N5OS. The van der Waals surface area contributed by atoms with Crippen LogP contribution in [0.1, 0.15) is 40.3 Å². The lowest BCUT2D eigenvalue weighted by Crippen LogP contribution is -2.36. The Balaban J connectivity index is 1.39. The minimum atomic E-state index is -0.0618. The van der Waals surface area contributed by atoms with E-state index in [1.165, 1.54) is 28.2 Å². The SMILES string of the molecule is Cc1cc([C@H]2[C@H](c3ccccn3)NC(=S)N2c2ccc(N3CCOCC3)cc2)c(C)n1Cc1ccccc1. The average Bonchev–Trinajstić information content (AvgIpc) is 3.45. The number of morpholine rings is 1. The van der Waals surface area contributed by atoms with E-state index in [0.717, 1.165) is 49.3 Å². The molecule has 2 saturated heterocycles.